The molecule has 0 radical (unpaired) electrons. The summed E-state index contributed by atoms with van der Waals surface area (Å²) in [6.07, 6.45) is 0. The van der Waals surface area contributed by atoms with Gasteiger partial charge in [-0.2, -0.15) is 4.31 Å². The Hall–Kier alpha value is -2.42. The number of para-hydroxylation sites is 1. The van der Waals surface area contributed by atoms with E-state index < -0.39 is 10.0 Å². The van der Waals surface area contributed by atoms with Crippen molar-refractivity contribution in [2.24, 2.45) is 0 Å². The minimum Gasteiger partial charge on any atom is -0.496 e. The molecular formula is C20H24N2O5S. The molecule has 1 aliphatic heterocycles. The second-order valence-electron chi connectivity index (χ2n) is 6.52. The highest BCUT2D eigenvalue weighted by molar-refractivity contribution is 7.89. The number of ether oxygens (including phenoxy) is 2. The molecule has 0 atom stereocenters. The van der Waals surface area contributed by atoms with Gasteiger partial charge in [-0.3, -0.25) is 4.79 Å². The van der Waals surface area contributed by atoms with Crippen LogP contribution >= 0.6 is 0 Å². The number of carbonyl (C=O) groups is 1. The highest BCUT2D eigenvalue weighted by Crippen LogP contribution is 2.22. The van der Waals surface area contributed by atoms with E-state index in [0.717, 1.165) is 5.56 Å². The summed E-state index contributed by atoms with van der Waals surface area (Å²) in [5.74, 6) is 0.440. The number of sulfonamides is 1. The molecule has 1 heterocycles. The van der Waals surface area contributed by atoms with Crippen LogP contribution in [0.15, 0.2) is 53.4 Å². The number of amides is 1. The summed E-state index contributed by atoms with van der Waals surface area (Å²) < 4.78 is 37.6. The number of methoxy groups -OCH3 is 1. The third-order valence-electron chi connectivity index (χ3n) is 4.64. The molecule has 0 N–H and O–H groups in total. The van der Waals surface area contributed by atoms with E-state index in [9.17, 15) is 13.2 Å². The first-order chi connectivity index (χ1) is 13.4. The van der Waals surface area contributed by atoms with Crippen LogP contribution < -0.4 is 4.74 Å². The van der Waals surface area contributed by atoms with E-state index >= 15 is 0 Å². The lowest BCUT2D eigenvalue weighted by molar-refractivity contribution is 0.0730. The molecule has 7 nitrogen and oxygen atoms in total. The fourth-order valence-electron chi connectivity index (χ4n) is 3.11. The summed E-state index contributed by atoms with van der Waals surface area (Å²) in [4.78, 5) is 14.5. The predicted octanol–water partition coefficient (Wildman–Crippen LogP) is 1.99. The van der Waals surface area contributed by atoms with Crippen LogP contribution in [0.5, 0.6) is 5.75 Å². The number of nitrogens with zero attached hydrogens (tertiary/aromatic N) is 2. The molecule has 0 saturated carbocycles. The van der Waals surface area contributed by atoms with Crippen molar-refractivity contribution in [2.75, 3.05) is 40.5 Å². The molecule has 3 rings (SSSR count). The number of morpholine rings is 1. The van der Waals surface area contributed by atoms with Gasteiger partial charge >= 0.3 is 0 Å². The van der Waals surface area contributed by atoms with Crippen molar-refractivity contribution >= 4 is 15.9 Å². The van der Waals surface area contributed by atoms with Crippen LogP contribution in [0.25, 0.3) is 0 Å². The molecule has 2 aromatic rings. The number of benzene rings is 2. The summed E-state index contributed by atoms with van der Waals surface area (Å²) >= 11 is 0. The second-order valence-corrected chi connectivity index (χ2v) is 8.46. The number of hydrogen-bond donors (Lipinski definition) is 0. The van der Waals surface area contributed by atoms with Gasteiger partial charge in [-0.1, -0.05) is 24.3 Å². The standard InChI is InChI=1S/C20H24N2O5S/c1-21(15-17-6-3-4-9-19(17)26-2)20(23)16-7-5-8-18(14-16)28(24,25)22-10-12-27-13-11-22/h3-9,14H,10-13,15H2,1-2H3. The van der Waals surface area contributed by atoms with Gasteiger partial charge in [0.1, 0.15) is 5.75 Å². The molecule has 1 fully saturated rings. The summed E-state index contributed by atoms with van der Waals surface area (Å²) in [5.41, 5.74) is 1.20. The van der Waals surface area contributed by atoms with Crippen LogP contribution in [0.4, 0.5) is 0 Å². The van der Waals surface area contributed by atoms with Gasteiger partial charge in [0, 0.05) is 37.8 Å². The van der Waals surface area contributed by atoms with Crippen molar-refractivity contribution < 1.29 is 22.7 Å². The fourth-order valence-corrected chi connectivity index (χ4v) is 4.56. The Morgan fingerprint density at radius 2 is 1.86 bits per heavy atom. The maximum Gasteiger partial charge on any atom is 0.253 e. The van der Waals surface area contributed by atoms with E-state index in [1.165, 1.54) is 16.4 Å². The van der Waals surface area contributed by atoms with E-state index in [-0.39, 0.29) is 10.8 Å². The minimum atomic E-state index is -3.65. The van der Waals surface area contributed by atoms with E-state index in [0.29, 0.717) is 44.2 Å². The summed E-state index contributed by atoms with van der Waals surface area (Å²) in [7, 11) is -0.388. The third kappa shape index (κ3) is 4.35. The molecule has 2 aromatic carbocycles. The molecule has 0 unspecified atom stereocenters. The van der Waals surface area contributed by atoms with E-state index in [2.05, 4.69) is 0 Å². The lowest BCUT2D eigenvalue weighted by Gasteiger charge is -2.26. The average Bonchev–Trinajstić information content (AvgIpc) is 2.74. The Balaban J connectivity index is 1.80. The zero-order valence-electron chi connectivity index (χ0n) is 16.0. The maximum atomic E-state index is 12.9. The molecular weight excluding hydrogens is 380 g/mol. The van der Waals surface area contributed by atoms with Gasteiger partial charge in [0.15, 0.2) is 0 Å². The van der Waals surface area contributed by atoms with Crippen LogP contribution in [-0.4, -0.2) is 64.0 Å². The summed E-state index contributed by atoms with van der Waals surface area (Å²) in [5, 5.41) is 0. The first-order valence-electron chi connectivity index (χ1n) is 8.99. The van der Waals surface area contributed by atoms with Crippen LogP contribution in [-0.2, 0) is 21.3 Å². The smallest absolute Gasteiger partial charge is 0.253 e. The minimum absolute atomic E-state index is 0.117. The van der Waals surface area contributed by atoms with Gasteiger partial charge in [0.05, 0.1) is 25.2 Å². The monoisotopic (exact) mass is 404 g/mol. The molecule has 0 spiro atoms. The third-order valence-corrected chi connectivity index (χ3v) is 6.53. The van der Waals surface area contributed by atoms with Crippen LogP contribution in [0.3, 0.4) is 0 Å². The largest absolute Gasteiger partial charge is 0.496 e. The fraction of sp³-hybridized carbons (Fsp3) is 0.350. The number of rotatable bonds is 6. The lowest BCUT2D eigenvalue weighted by Crippen LogP contribution is -2.40. The number of hydrogen-bond acceptors (Lipinski definition) is 5. The first-order valence-corrected chi connectivity index (χ1v) is 10.4. The molecule has 1 saturated heterocycles. The van der Waals surface area contributed by atoms with Gasteiger partial charge in [-0.25, -0.2) is 8.42 Å². The second kappa shape index (κ2) is 8.72. The Kier molecular flexibility index (Phi) is 6.33. The van der Waals surface area contributed by atoms with Gasteiger partial charge in [0.2, 0.25) is 10.0 Å². The predicted molar refractivity (Wildman–Crippen MR) is 105 cm³/mol. The Labute approximate surface area is 165 Å². The van der Waals surface area contributed by atoms with Crippen LogP contribution in [0.2, 0.25) is 0 Å². The van der Waals surface area contributed by atoms with Gasteiger partial charge in [-0.15, -0.1) is 0 Å². The first kappa shape index (κ1) is 20.3. The SMILES string of the molecule is COc1ccccc1CN(C)C(=O)c1cccc(S(=O)(=O)N2CCOCC2)c1. The van der Waals surface area contributed by atoms with Gasteiger partial charge < -0.3 is 14.4 Å². The van der Waals surface area contributed by atoms with Crippen LogP contribution in [0.1, 0.15) is 15.9 Å². The highest BCUT2D eigenvalue weighted by atomic mass is 32.2. The van der Waals surface area contributed by atoms with E-state index in [1.807, 2.05) is 24.3 Å². The van der Waals surface area contributed by atoms with Crippen molar-refractivity contribution in [3.63, 3.8) is 0 Å². The molecule has 28 heavy (non-hydrogen) atoms. The topological polar surface area (TPSA) is 76.2 Å². The van der Waals surface area contributed by atoms with Crippen molar-refractivity contribution in [3.05, 3.63) is 59.7 Å². The zero-order chi connectivity index (χ0) is 20.1. The Bertz CT molecular complexity index is 939. The molecule has 1 amide bonds. The van der Waals surface area contributed by atoms with Crippen molar-refractivity contribution in [3.8, 4) is 5.75 Å². The highest BCUT2D eigenvalue weighted by Gasteiger charge is 2.27. The van der Waals surface area contributed by atoms with E-state index in [1.54, 1.807) is 31.2 Å². The quantitative estimate of drug-likeness (QED) is 0.736. The summed E-state index contributed by atoms with van der Waals surface area (Å²) in [6, 6.07) is 13.6. The number of carbonyl (C=O) groups excluding carboxylic acids is 1. The molecule has 0 aliphatic carbocycles. The van der Waals surface area contributed by atoms with Crippen LogP contribution in [0, 0.1) is 0 Å². The Morgan fingerprint density at radius 1 is 1.14 bits per heavy atom. The van der Waals surface area contributed by atoms with E-state index in [4.69, 9.17) is 9.47 Å². The molecule has 1 aliphatic rings. The van der Waals surface area contributed by atoms with Crippen molar-refractivity contribution in [1.29, 1.82) is 0 Å². The molecule has 0 bridgehead atoms. The lowest BCUT2D eigenvalue weighted by atomic mass is 10.1. The summed E-state index contributed by atoms with van der Waals surface area (Å²) in [6.45, 7) is 1.73. The molecule has 0 aromatic heterocycles. The molecule has 150 valence electrons. The van der Waals surface area contributed by atoms with Crippen molar-refractivity contribution in [1.82, 2.24) is 9.21 Å². The van der Waals surface area contributed by atoms with Gasteiger partial charge in [0.25, 0.3) is 5.91 Å². The van der Waals surface area contributed by atoms with Crippen molar-refractivity contribution in [2.45, 2.75) is 11.4 Å². The molecule has 8 heteroatoms. The zero-order valence-corrected chi connectivity index (χ0v) is 16.8. The Morgan fingerprint density at radius 3 is 2.57 bits per heavy atom. The average molecular weight is 404 g/mol. The van der Waals surface area contributed by atoms with Gasteiger partial charge in [-0.05, 0) is 24.3 Å². The maximum absolute atomic E-state index is 12.9. The normalized spacial score (nSPS) is 15.2.